The lowest BCUT2D eigenvalue weighted by Gasteiger charge is -2.12. The van der Waals surface area contributed by atoms with Crippen molar-refractivity contribution >= 4 is 11.6 Å². The van der Waals surface area contributed by atoms with E-state index in [9.17, 15) is 0 Å². The second-order valence-corrected chi connectivity index (χ2v) is 5.69. The van der Waals surface area contributed by atoms with Crippen molar-refractivity contribution in [1.29, 1.82) is 0 Å². The Balaban J connectivity index is 1.85. The van der Waals surface area contributed by atoms with E-state index in [1.807, 2.05) is 36.4 Å². The molecule has 0 spiro atoms. The van der Waals surface area contributed by atoms with Crippen LogP contribution in [0.15, 0.2) is 48.5 Å². The molecule has 0 heterocycles. The molecule has 21 heavy (non-hydrogen) atoms. The minimum Gasteiger partial charge on any atom is -0.489 e. The zero-order chi connectivity index (χ0) is 15.1. The van der Waals surface area contributed by atoms with Crippen LogP contribution in [-0.4, -0.2) is 6.04 Å². The van der Waals surface area contributed by atoms with Crippen LogP contribution in [0.1, 0.15) is 31.4 Å². The van der Waals surface area contributed by atoms with Gasteiger partial charge in [0.05, 0.1) is 0 Å². The van der Waals surface area contributed by atoms with Crippen molar-refractivity contribution in [3.8, 4) is 5.75 Å². The first-order chi connectivity index (χ1) is 10.2. The molecule has 2 aromatic rings. The van der Waals surface area contributed by atoms with Crippen molar-refractivity contribution in [2.45, 2.75) is 39.5 Å². The number of rotatable bonds is 7. The number of benzene rings is 2. The summed E-state index contributed by atoms with van der Waals surface area (Å²) >= 11 is 5.96. The molecule has 2 rings (SSSR count). The van der Waals surface area contributed by atoms with Crippen LogP contribution in [0.4, 0.5) is 0 Å². The first-order valence-electron chi connectivity index (χ1n) is 7.37. The van der Waals surface area contributed by atoms with Gasteiger partial charge in [-0.05, 0) is 48.7 Å². The van der Waals surface area contributed by atoms with Crippen LogP contribution >= 0.6 is 11.6 Å². The molecule has 0 saturated heterocycles. The second-order valence-electron chi connectivity index (χ2n) is 5.25. The number of ether oxygens (including phenoxy) is 1. The first kappa shape index (κ1) is 15.9. The van der Waals surface area contributed by atoms with Gasteiger partial charge >= 0.3 is 0 Å². The summed E-state index contributed by atoms with van der Waals surface area (Å²) in [6.07, 6.45) is 1.14. The highest BCUT2D eigenvalue weighted by Gasteiger charge is 2.00. The minimum atomic E-state index is 0.533. The van der Waals surface area contributed by atoms with Crippen LogP contribution in [0.25, 0.3) is 0 Å². The SMILES string of the molecule is CC[C@H](C)NCc1ccc(OCc2cccc(Cl)c2)cc1. The van der Waals surface area contributed by atoms with Crippen molar-refractivity contribution < 1.29 is 4.74 Å². The molecule has 112 valence electrons. The molecule has 0 bridgehead atoms. The van der Waals surface area contributed by atoms with Gasteiger partial charge in [0.1, 0.15) is 12.4 Å². The summed E-state index contributed by atoms with van der Waals surface area (Å²) in [5.41, 5.74) is 2.34. The van der Waals surface area contributed by atoms with Gasteiger partial charge in [0.25, 0.3) is 0 Å². The monoisotopic (exact) mass is 303 g/mol. The van der Waals surface area contributed by atoms with Gasteiger partial charge in [-0.3, -0.25) is 0 Å². The maximum Gasteiger partial charge on any atom is 0.119 e. The van der Waals surface area contributed by atoms with E-state index in [0.29, 0.717) is 12.6 Å². The van der Waals surface area contributed by atoms with E-state index in [0.717, 1.165) is 29.3 Å². The minimum absolute atomic E-state index is 0.533. The first-order valence-corrected chi connectivity index (χ1v) is 7.74. The molecule has 0 unspecified atom stereocenters. The summed E-state index contributed by atoms with van der Waals surface area (Å²) in [7, 11) is 0. The Kier molecular flexibility index (Phi) is 6.09. The second kappa shape index (κ2) is 8.06. The number of hydrogen-bond donors (Lipinski definition) is 1. The van der Waals surface area contributed by atoms with E-state index in [1.165, 1.54) is 5.56 Å². The van der Waals surface area contributed by atoms with Gasteiger partial charge in [-0.1, -0.05) is 42.8 Å². The van der Waals surface area contributed by atoms with Gasteiger partial charge < -0.3 is 10.1 Å². The highest BCUT2D eigenvalue weighted by molar-refractivity contribution is 6.30. The van der Waals surface area contributed by atoms with Crippen LogP contribution in [-0.2, 0) is 13.2 Å². The molecule has 0 amide bonds. The summed E-state index contributed by atoms with van der Waals surface area (Å²) < 4.78 is 5.77. The van der Waals surface area contributed by atoms with Gasteiger partial charge in [0.15, 0.2) is 0 Å². The molecule has 1 atom stereocenters. The lowest BCUT2D eigenvalue weighted by Crippen LogP contribution is -2.24. The summed E-state index contributed by atoms with van der Waals surface area (Å²) in [6, 6.07) is 16.5. The number of halogens is 1. The van der Waals surface area contributed by atoms with E-state index in [2.05, 4.69) is 31.3 Å². The van der Waals surface area contributed by atoms with Crippen LogP contribution in [0.5, 0.6) is 5.75 Å². The van der Waals surface area contributed by atoms with Crippen molar-refractivity contribution in [2.75, 3.05) is 0 Å². The molecule has 0 saturated carbocycles. The molecule has 0 aliphatic carbocycles. The number of hydrogen-bond acceptors (Lipinski definition) is 2. The third kappa shape index (κ3) is 5.41. The Morgan fingerprint density at radius 2 is 1.86 bits per heavy atom. The Bertz CT molecular complexity index is 553. The zero-order valence-corrected chi connectivity index (χ0v) is 13.4. The predicted molar refractivity (Wildman–Crippen MR) is 88.8 cm³/mol. The van der Waals surface area contributed by atoms with Crippen LogP contribution < -0.4 is 10.1 Å². The van der Waals surface area contributed by atoms with E-state index in [1.54, 1.807) is 0 Å². The molecule has 0 fully saturated rings. The van der Waals surface area contributed by atoms with Crippen molar-refractivity contribution in [3.05, 3.63) is 64.7 Å². The van der Waals surface area contributed by atoms with E-state index in [-0.39, 0.29) is 0 Å². The number of nitrogens with one attached hydrogen (secondary N) is 1. The largest absolute Gasteiger partial charge is 0.489 e. The third-order valence-electron chi connectivity index (χ3n) is 3.48. The molecule has 1 N–H and O–H groups in total. The van der Waals surface area contributed by atoms with Crippen molar-refractivity contribution in [1.82, 2.24) is 5.32 Å². The highest BCUT2D eigenvalue weighted by atomic mass is 35.5. The van der Waals surface area contributed by atoms with E-state index in [4.69, 9.17) is 16.3 Å². The van der Waals surface area contributed by atoms with E-state index < -0.39 is 0 Å². The topological polar surface area (TPSA) is 21.3 Å². The molecule has 0 radical (unpaired) electrons. The average molecular weight is 304 g/mol. The molecule has 2 nitrogen and oxygen atoms in total. The molecule has 0 aliphatic heterocycles. The molecule has 2 aromatic carbocycles. The Morgan fingerprint density at radius 3 is 2.52 bits per heavy atom. The maximum absolute atomic E-state index is 5.96. The average Bonchev–Trinajstić information content (AvgIpc) is 2.51. The van der Waals surface area contributed by atoms with Gasteiger partial charge in [-0.25, -0.2) is 0 Å². The van der Waals surface area contributed by atoms with Gasteiger partial charge in [0.2, 0.25) is 0 Å². The summed E-state index contributed by atoms with van der Waals surface area (Å²) in [5, 5.41) is 4.22. The fraction of sp³-hybridized carbons (Fsp3) is 0.333. The quantitative estimate of drug-likeness (QED) is 0.793. The fourth-order valence-electron chi connectivity index (χ4n) is 1.93. The lowest BCUT2D eigenvalue weighted by molar-refractivity contribution is 0.306. The smallest absolute Gasteiger partial charge is 0.119 e. The predicted octanol–water partition coefficient (Wildman–Crippen LogP) is 4.81. The van der Waals surface area contributed by atoms with Crippen LogP contribution in [0.3, 0.4) is 0 Å². The van der Waals surface area contributed by atoms with Crippen LogP contribution in [0, 0.1) is 0 Å². The fourth-order valence-corrected chi connectivity index (χ4v) is 2.15. The summed E-state index contributed by atoms with van der Waals surface area (Å²) in [4.78, 5) is 0. The normalized spacial score (nSPS) is 12.1. The standard InChI is InChI=1S/C18H22ClNO/c1-3-14(2)20-12-15-7-9-18(10-8-15)21-13-16-5-4-6-17(19)11-16/h4-11,14,20H,3,12-13H2,1-2H3/t14-/m0/s1. The molecule has 0 aliphatic rings. The van der Waals surface area contributed by atoms with Gasteiger partial charge in [0, 0.05) is 17.6 Å². The molecular weight excluding hydrogens is 282 g/mol. The molecule has 3 heteroatoms. The van der Waals surface area contributed by atoms with Gasteiger partial charge in [-0.2, -0.15) is 0 Å². The van der Waals surface area contributed by atoms with Crippen LogP contribution in [0.2, 0.25) is 5.02 Å². The summed E-state index contributed by atoms with van der Waals surface area (Å²) in [5.74, 6) is 0.877. The summed E-state index contributed by atoms with van der Waals surface area (Å²) in [6.45, 7) is 5.81. The highest BCUT2D eigenvalue weighted by Crippen LogP contribution is 2.16. The van der Waals surface area contributed by atoms with Gasteiger partial charge in [-0.15, -0.1) is 0 Å². The zero-order valence-electron chi connectivity index (χ0n) is 12.6. The molecule has 0 aromatic heterocycles. The lowest BCUT2D eigenvalue weighted by atomic mass is 10.2. The Morgan fingerprint density at radius 1 is 1.10 bits per heavy atom. The third-order valence-corrected chi connectivity index (χ3v) is 3.72. The van der Waals surface area contributed by atoms with Crippen molar-refractivity contribution in [2.24, 2.45) is 0 Å². The van der Waals surface area contributed by atoms with E-state index >= 15 is 0 Å². The Hall–Kier alpha value is -1.51. The van der Waals surface area contributed by atoms with Crippen molar-refractivity contribution in [3.63, 3.8) is 0 Å². The maximum atomic E-state index is 5.96. The Labute approximate surface area is 132 Å². The molecular formula is C18H22ClNO.